The molecule has 0 radical (unpaired) electrons. The van der Waals surface area contributed by atoms with Gasteiger partial charge in [0.25, 0.3) is 11.5 Å². The lowest BCUT2D eigenvalue weighted by atomic mass is 10.0. The first-order chi connectivity index (χ1) is 19.0. The molecule has 10 nitrogen and oxygen atoms in total. The Bertz CT molecular complexity index is 1700. The Morgan fingerprint density at radius 1 is 1.13 bits per heavy atom. The lowest BCUT2D eigenvalue weighted by Gasteiger charge is -2.30. The van der Waals surface area contributed by atoms with E-state index in [0.29, 0.717) is 35.5 Å². The first-order valence-corrected chi connectivity index (χ1v) is 13.0. The smallest absolute Gasteiger partial charge is 0.284 e. The summed E-state index contributed by atoms with van der Waals surface area (Å²) in [5.41, 5.74) is 9.44. The van der Waals surface area contributed by atoms with Crippen molar-refractivity contribution in [3.05, 3.63) is 87.7 Å². The van der Waals surface area contributed by atoms with E-state index in [0.717, 1.165) is 30.9 Å². The number of fused-ring (bicyclic) bond motifs is 2. The Kier molecular flexibility index (Phi) is 5.49. The molecule has 39 heavy (non-hydrogen) atoms. The number of nitrogens with two attached hydrogens (primary N) is 1. The predicted octanol–water partition coefficient (Wildman–Crippen LogP) is 2.81. The van der Waals surface area contributed by atoms with Crippen LogP contribution in [0.2, 0.25) is 0 Å². The van der Waals surface area contributed by atoms with Crippen molar-refractivity contribution in [2.45, 2.75) is 31.6 Å². The molecular weight excluding hydrogens is 499 g/mol. The number of benzene rings is 2. The summed E-state index contributed by atoms with van der Waals surface area (Å²) in [6.45, 7) is 2.27. The van der Waals surface area contributed by atoms with Gasteiger partial charge in [-0.25, -0.2) is 14.1 Å². The van der Waals surface area contributed by atoms with Gasteiger partial charge >= 0.3 is 0 Å². The van der Waals surface area contributed by atoms with Crippen LogP contribution in [0, 0.1) is 5.82 Å². The molecular formula is C28H27FN8O2. The fraction of sp³-hybridized carbons (Fsp3) is 0.250. The highest BCUT2D eigenvalue weighted by molar-refractivity contribution is 6.05. The van der Waals surface area contributed by atoms with Gasteiger partial charge in [-0.15, -0.1) is 0 Å². The van der Waals surface area contributed by atoms with Crippen molar-refractivity contribution in [2.24, 2.45) is 10.7 Å². The van der Waals surface area contributed by atoms with Crippen LogP contribution in [0.5, 0.6) is 0 Å². The third-order valence-corrected chi connectivity index (χ3v) is 7.73. The van der Waals surface area contributed by atoms with Gasteiger partial charge in [-0.3, -0.25) is 14.3 Å². The highest BCUT2D eigenvalue weighted by atomic mass is 19.1. The van der Waals surface area contributed by atoms with E-state index < -0.39 is 17.9 Å². The van der Waals surface area contributed by atoms with E-state index in [4.69, 9.17) is 5.73 Å². The SMILES string of the molecule is NC1NC=Nc2c1c(-c1ccc(NC(=O)c3c4n(n(-c5ccccc5)c3=O)CCC4)cc1F)cn2C1CNC1. The second-order valence-corrected chi connectivity index (χ2v) is 10.1. The van der Waals surface area contributed by atoms with E-state index in [1.807, 2.05) is 45.8 Å². The summed E-state index contributed by atoms with van der Waals surface area (Å²) in [5, 5.41) is 8.99. The average molecular weight is 527 g/mol. The summed E-state index contributed by atoms with van der Waals surface area (Å²) >= 11 is 0. The number of para-hydroxylation sites is 1. The van der Waals surface area contributed by atoms with Crippen LogP contribution in [0.1, 0.15) is 40.2 Å². The van der Waals surface area contributed by atoms with Crippen molar-refractivity contribution in [3.8, 4) is 16.8 Å². The topological polar surface area (TPSA) is 123 Å². The minimum atomic E-state index is -0.547. The van der Waals surface area contributed by atoms with Gasteiger partial charge in [-0.2, -0.15) is 0 Å². The highest BCUT2D eigenvalue weighted by Crippen LogP contribution is 2.41. The van der Waals surface area contributed by atoms with Crippen LogP contribution in [0.4, 0.5) is 15.9 Å². The molecule has 0 spiro atoms. The molecule has 4 aromatic rings. The molecule has 5 heterocycles. The van der Waals surface area contributed by atoms with Crippen molar-refractivity contribution >= 4 is 23.8 Å². The maximum absolute atomic E-state index is 15.6. The van der Waals surface area contributed by atoms with E-state index in [9.17, 15) is 9.59 Å². The zero-order valence-electron chi connectivity index (χ0n) is 21.0. The average Bonchev–Trinajstić information content (AvgIpc) is 3.57. The van der Waals surface area contributed by atoms with Gasteiger partial charge in [0.1, 0.15) is 23.4 Å². The number of nitrogens with zero attached hydrogens (tertiary/aromatic N) is 4. The van der Waals surface area contributed by atoms with Gasteiger partial charge in [-0.1, -0.05) is 18.2 Å². The third-order valence-electron chi connectivity index (χ3n) is 7.73. The molecule has 1 saturated heterocycles. The summed E-state index contributed by atoms with van der Waals surface area (Å²) in [6.07, 6.45) is 4.41. The van der Waals surface area contributed by atoms with Crippen molar-refractivity contribution in [1.82, 2.24) is 24.6 Å². The number of halogens is 1. The molecule has 3 aliphatic heterocycles. The first-order valence-electron chi connectivity index (χ1n) is 13.0. The summed E-state index contributed by atoms with van der Waals surface area (Å²) in [4.78, 5) is 31.2. The Morgan fingerprint density at radius 3 is 2.69 bits per heavy atom. The van der Waals surface area contributed by atoms with Gasteiger partial charge in [0.15, 0.2) is 0 Å². The molecule has 1 atom stereocenters. The number of carbonyl (C=O) groups is 1. The number of aromatic nitrogens is 3. The monoisotopic (exact) mass is 526 g/mol. The number of amides is 1. The number of rotatable bonds is 5. The molecule has 0 saturated carbocycles. The number of carbonyl (C=O) groups excluding carboxylic acids is 1. The number of aliphatic imine (C=N–C) groups is 1. The van der Waals surface area contributed by atoms with Crippen LogP contribution in [-0.4, -0.2) is 39.3 Å². The van der Waals surface area contributed by atoms with E-state index in [1.54, 1.807) is 23.2 Å². The van der Waals surface area contributed by atoms with Gasteiger partial charge in [0, 0.05) is 48.2 Å². The van der Waals surface area contributed by atoms with E-state index in [2.05, 4.69) is 20.9 Å². The summed E-state index contributed by atoms with van der Waals surface area (Å²) in [6, 6.07) is 14.0. The van der Waals surface area contributed by atoms with Gasteiger partial charge < -0.3 is 26.3 Å². The van der Waals surface area contributed by atoms with Crippen LogP contribution < -0.4 is 27.2 Å². The minimum Gasteiger partial charge on any atom is -0.357 e. The quantitative estimate of drug-likeness (QED) is 0.319. The zero-order chi connectivity index (χ0) is 26.7. The molecule has 7 rings (SSSR count). The standard InChI is InChI=1S/C28H27FN8O2/c29-21-11-16(8-9-19(21)20-14-35(18-12-31-13-18)26-23(20)25(30)32-15-33-26)34-27(38)24-22-7-4-10-36(22)37(28(24)39)17-5-2-1-3-6-17/h1-3,5-6,8-9,11,14-15,18,25,31H,4,7,10,12-13,30H2,(H,32,33)(H,34,38). The molecule has 3 aliphatic rings. The molecule has 0 bridgehead atoms. The van der Waals surface area contributed by atoms with Crippen LogP contribution in [0.3, 0.4) is 0 Å². The fourth-order valence-corrected chi connectivity index (χ4v) is 5.73. The lowest BCUT2D eigenvalue weighted by molar-refractivity contribution is 0.102. The second-order valence-electron chi connectivity index (χ2n) is 10.1. The largest absolute Gasteiger partial charge is 0.357 e. The Morgan fingerprint density at radius 2 is 1.95 bits per heavy atom. The van der Waals surface area contributed by atoms with E-state index in [-0.39, 0.29) is 22.9 Å². The van der Waals surface area contributed by atoms with Crippen LogP contribution in [0.15, 0.2) is 64.5 Å². The number of hydrogen-bond acceptors (Lipinski definition) is 6. The predicted molar refractivity (Wildman–Crippen MR) is 146 cm³/mol. The molecule has 2 aromatic carbocycles. The van der Waals surface area contributed by atoms with E-state index in [1.165, 1.54) is 6.07 Å². The molecule has 1 unspecified atom stereocenters. The van der Waals surface area contributed by atoms with Crippen molar-refractivity contribution in [3.63, 3.8) is 0 Å². The lowest BCUT2D eigenvalue weighted by Crippen LogP contribution is -2.43. The summed E-state index contributed by atoms with van der Waals surface area (Å²) < 4.78 is 21.0. The molecule has 2 aromatic heterocycles. The van der Waals surface area contributed by atoms with Crippen LogP contribution in [0.25, 0.3) is 16.8 Å². The molecule has 5 N–H and O–H groups in total. The van der Waals surface area contributed by atoms with Crippen LogP contribution >= 0.6 is 0 Å². The molecule has 1 fully saturated rings. The number of nitrogens with one attached hydrogen (secondary N) is 3. The van der Waals surface area contributed by atoms with E-state index >= 15 is 4.39 Å². The first kappa shape index (κ1) is 23.6. The molecule has 11 heteroatoms. The molecule has 0 aliphatic carbocycles. The maximum Gasteiger partial charge on any atom is 0.284 e. The number of anilines is 1. The molecule has 1 amide bonds. The van der Waals surface area contributed by atoms with Crippen LogP contribution in [-0.2, 0) is 13.0 Å². The van der Waals surface area contributed by atoms with Gasteiger partial charge in [-0.05, 0) is 43.2 Å². The van der Waals surface area contributed by atoms with Gasteiger partial charge in [0.05, 0.1) is 23.8 Å². The Labute approximate surface area is 222 Å². The maximum atomic E-state index is 15.6. The van der Waals surface area contributed by atoms with Crippen molar-refractivity contribution in [2.75, 3.05) is 18.4 Å². The summed E-state index contributed by atoms with van der Waals surface area (Å²) in [5.74, 6) is -0.337. The normalized spacial score (nSPS) is 17.8. The fourth-order valence-electron chi connectivity index (χ4n) is 5.73. The molecule has 198 valence electrons. The zero-order valence-corrected chi connectivity index (χ0v) is 21.0. The minimum absolute atomic E-state index is 0.0935. The third kappa shape index (κ3) is 3.73. The Balaban J connectivity index is 1.22. The number of hydrogen-bond donors (Lipinski definition) is 4. The summed E-state index contributed by atoms with van der Waals surface area (Å²) in [7, 11) is 0. The Hall–Kier alpha value is -4.48. The second kappa shape index (κ2) is 9.07. The van der Waals surface area contributed by atoms with Gasteiger partial charge in [0.2, 0.25) is 0 Å². The highest BCUT2D eigenvalue weighted by Gasteiger charge is 2.31. The van der Waals surface area contributed by atoms with Crippen molar-refractivity contribution < 1.29 is 9.18 Å². The van der Waals surface area contributed by atoms with Crippen molar-refractivity contribution in [1.29, 1.82) is 0 Å².